The summed E-state index contributed by atoms with van der Waals surface area (Å²) in [6.45, 7) is 5.08. The van der Waals surface area contributed by atoms with Crippen LogP contribution in [0.15, 0.2) is 24.3 Å². The fourth-order valence-electron chi connectivity index (χ4n) is 1.63. The Hall–Kier alpha value is -0.730. The second-order valence-corrected chi connectivity index (χ2v) is 4.45. The predicted molar refractivity (Wildman–Crippen MR) is 74.0 cm³/mol. The summed E-state index contributed by atoms with van der Waals surface area (Å²) in [6, 6.07) is 7.62. The van der Waals surface area contributed by atoms with Crippen molar-refractivity contribution >= 4 is 11.6 Å². The zero-order chi connectivity index (χ0) is 12.3. The van der Waals surface area contributed by atoms with Gasteiger partial charge in [0.1, 0.15) is 5.75 Å². The topological polar surface area (TPSA) is 21.3 Å². The highest BCUT2D eigenvalue weighted by molar-refractivity contribution is 6.32. The van der Waals surface area contributed by atoms with Crippen LogP contribution in [0.25, 0.3) is 0 Å². The molecule has 3 heteroatoms. The standard InChI is InChI=1S/C14H22ClNO/c1-2-16-11-7-3-4-8-12-17-14-10-6-5-9-13(14)15/h5-6,9-10,16H,2-4,7-8,11-12H2,1H3. The summed E-state index contributed by atoms with van der Waals surface area (Å²) < 4.78 is 5.62. The lowest BCUT2D eigenvalue weighted by molar-refractivity contribution is 0.304. The molecule has 0 atom stereocenters. The van der Waals surface area contributed by atoms with E-state index in [1.54, 1.807) is 0 Å². The van der Waals surface area contributed by atoms with Gasteiger partial charge in [0, 0.05) is 0 Å². The average molecular weight is 256 g/mol. The van der Waals surface area contributed by atoms with Gasteiger partial charge in [0.2, 0.25) is 0 Å². The van der Waals surface area contributed by atoms with Crippen LogP contribution < -0.4 is 10.1 Å². The first kappa shape index (κ1) is 14.3. The molecule has 0 amide bonds. The van der Waals surface area contributed by atoms with E-state index in [4.69, 9.17) is 16.3 Å². The average Bonchev–Trinajstić information content (AvgIpc) is 2.35. The Morgan fingerprint density at radius 3 is 2.65 bits per heavy atom. The number of unbranched alkanes of at least 4 members (excludes halogenated alkanes) is 3. The smallest absolute Gasteiger partial charge is 0.137 e. The summed E-state index contributed by atoms with van der Waals surface area (Å²) in [5, 5.41) is 4.02. The quantitative estimate of drug-likeness (QED) is 0.676. The maximum atomic E-state index is 5.99. The molecule has 0 radical (unpaired) electrons. The molecule has 0 fully saturated rings. The minimum absolute atomic E-state index is 0.694. The molecule has 0 bridgehead atoms. The molecule has 0 saturated heterocycles. The van der Waals surface area contributed by atoms with Crippen LogP contribution in [-0.2, 0) is 0 Å². The molecule has 0 aromatic heterocycles. The molecule has 1 N–H and O–H groups in total. The van der Waals surface area contributed by atoms with Crippen molar-refractivity contribution in [3.63, 3.8) is 0 Å². The lowest BCUT2D eigenvalue weighted by atomic mass is 10.2. The van der Waals surface area contributed by atoms with E-state index in [0.717, 1.165) is 31.9 Å². The molecule has 96 valence electrons. The monoisotopic (exact) mass is 255 g/mol. The molecular formula is C14H22ClNO. The third-order valence-electron chi connectivity index (χ3n) is 2.59. The van der Waals surface area contributed by atoms with Gasteiger partial charge in [0.05, 0.1) is 11.6 Å². The van der Waals surface area contributed by atoms with Crippen LogP contribution in [0.4, 0.5) is 0 Å². The minimum atomic E-state index is 0.694. The summed E-state index contributed by atoms with van der Waals surface area (Å²) in [4.78, 5) is 0. The molecule has 1 rings (SSSR count). The first-order valence-corrected chi connectivity index (χ1v) is 6.80. The third-order valence-corrected chi connectivity index (χ3v) is 2.90. The second-order valence-electron chi connectivity index (χ2n) is 4.05. The first-order chi connectivity index (χ1) is 8.34. The summed E-state index contributed by atoms with van der Waals surface area (Å²) in [5.41, 5.74) is 0. The van der Waals surface area contributed by atoms with Crippen molar-refractivity contribution in [3.05, 3.63) is 29.3 Å². The summed E-state index contributed by atoms with van der Waals surface area (Å²) >= 11 is 5.99. The van der Waals surface area contributed by atoms with Crippen LogP contribution in [0.2, 0.25) is 5.02 Å². The lowest BCUT2D eigenvalue weighted by Gasteiger charge is -2.07. The maximum Gasteiger partial charge on any atom is 0.137 e. The second kappa shape index (κ2) is 9.32. The normalized spacial score (nSPS) is 10.5. The van der Waals surface area contributed by atoms with E-state index in [9.17, 15) is 0 Å². The fourth-order valence-corrected chi connectivity index (χ4v) is 1.82. The van der Waals surface area contributed by atoms with E-state index in [1.807, 2.05) is 24.3 Å². The predicted octanol–water partition coefficient (Wildman–Crippen LogP) is 3.89. The Morgan fingerprint density at radius 1 is 1.12 bits per heavy atom. The number of hydrogen-bond acceptors (Lipinski definition) is 2. The number of hydrogen-bond donors (Lipinski definition) is 1. The molecule has 0 aliphatic rings. The number of benzene rings is 1. The third kappa shape index (κ3) is 6.54. The van der Waals surface area contributed by atoms with Crippen molar-refractivity contribution in [1.29, 1.82) is 0 Å². The van der Waals surface area contributed by atoms with E-state index in [1.165, 1.54) is 19.3 Å². The van der Waals surface area contributed by atoms with Crippen molar-refractivity contribution in [2.24, 2.45) is 0 Å². The minimum Gasteiger partial charge on any atom is -0.492 e. The SMILES string of the molecule is CCNCCCCCCOc1ccccc1Cl. The van der Waals surface area contributed by atoms with Crippen molar-refractivity contribution in [1.82, 2.24) is 5.32 Å². The summed E-state index contributed by atoms with van der Waals surface area (Å²) in [6.07, 6.45) is 4.83. The maximum absolute atomic E-state index is 5.99. The van der Waals surface area contributed by atoms with Crippen molar-refractivity contribution in [2.75, 3.05) is 19.7 Å². The molecule has 0 unspecified atom stereocenters. The van der Waals surface area contributed by atoms with Gasteiger partial charge < -0.3 is 10.1 Å². The van der Waals surface area contributed by atoms with Gasteiger partial charge in [-0.15, -0.1) is 0 Å². The highest BCUT2D eigenvalue weighted by Crippen LogP contribution is 2.23. The summed E-state index contributed by atoms with van der Waals surface area (Å²) in [7, 11) is 0. The van der Waals surface area contributed by atoms with Crippen LogP contribution in [0.5, 0.6) is 5.75 Å². The van der Waals surface area contributed by atoms with Gasteiger partial charge in [-0.05, 0) is 38.1 Å². The number of nitrogens with one attached hydrogen (secondary N) is 1. The number of rotatable bonds is 9. The van der Waals surface area contributed by atoms with Gasteiger partial charge in [-0.3, -0.25) is 0 Å². The van der Waals surface area contributed by atoms with Gasteiger partial charge >= 0.3 is 0 Å². The van der Waals surface area contributed by atoms with E-state index < -0.39 is 0 Å². The number of halogens is 1. The number of ether oxygens (including phenoxy) is 1. The molecule has 0 aliphatic carbocycles. The van der Waals surface area contributed by atoms with Crippen LogP contribution in [0, 0.1) is 0 Å². The van der Waals surface area contributed by atoms with Crippen molar-refractivity contribution in [2.45, 2.75) is 32.6 Å². The van der Waals surface area contributed by atoms with Crippen LogP contribution in [-0.4, -0.2) is 19.7 Å². The zero-order valence-corrected chi connectivity index (χ0v) is 11.3. The highest BCUT2D eigenvalue weighted by atomic mass is 35.5. The van der Waals surface area contributed by atoms with Gasteiger partial charge in [-0.1, -0.05) is 43.5 Å². The van der Waals surface area contributed by atoms with Gasteiger partial charge in [-0.25, -0.2) is 0 Å². The zero-order valence-electron chi connectivity index (χ0n) is 10.5. The first-order valence-electron chi connectivity index (χ1n) is 6.42. The molecular weight excluding hydrogens is 234 g/mol. The Balaban J connectivity index is 1.99. The Morgan fingerprint density at radius 2 is 1.88 bits per heavy atom. The van der Waals surface area contributed by atoms with Gasteiger partial charge in [-0.2, -0.15) is 0 Å². The molecule has 1 aromatic rings. The van der Waals surface area contributed by atoms with Crippen molar-refractivity contribution in [3.8, 4) is 5.75 Å². The summed E-state index contributed by atoms with van der Waals surface area (Å²) in [5.74, 6) is 0.793. The van der Waals surface area contributed by atoms with E-state index >= 15 is 0 Å². The molecule has 0 spiro atoms. The van der Waals surface area contributed by atoms with Gasteiger partial charge in [0.15, 0.2) is 0 Å². The highest BCUT2D eigenvalue weighted by Gasteiger charge is 1.98. The van der Waals surface area contributed by atoms with Crippen LogP contribution in [0.3, 0.4) is 0 Å². The fraction of sp³-hybridized carbons (Fsp3) is 0.571. The largest absolute Gasteiger partial charge is 0.492 e. The molecule has 1 aromatic carbocycles. The van der Waals surface area contributed by atoms with E-state index in [2.05, 4.69) is 12.2 Å². The Bertz CT molecular complexity index is 304. The molecule has 17 heavy (non-hydrogen) atoms. The van der Waals surface area contributed by atoms with Crippen LogP contribution in [0.1, 0.15) is 32.6 Å². The number of para-hydroxylation sites is 1. The Kier molecular flexibility index (Phi) is 7.85. The van der Waals surface area contributed by atoms with Crippen LogP contribution >= 0.6 is 11.6 Å². The molecule has 0 aliphatic heterocycles. The Labute approximate surface area is 109 Å². The lowest BCUT2D eigenvalue weighted by Crippen LogP contribution is -2.13. The van der Waals surface area contributed by atoms with E-state index in [-0.39, 0.29) is 0 Å². The molecule has 0 heterocycles. The van der Waals surface area contributed by atoms with Crippen molar-refractivity contribution < 1.29 is 4.74 Å². The molecule has 0 saturated carbocycles. The molecule has 2 nitrogen and oxygen atoms in total. The van der Waals surface area contributed by atoms with Gasteiger partial charge in [0.25, 0.3) is 0 Å². The van der Waals surface area contributed by atoms with E-state index in [0.29, 0.717) is 5.02 Å².